The maximum absolute atomic E-state index is 10.7. The summed E-state index contributed by atoms with van der Waals surface area (Å²) in [5, 5.41) is 82.1. The van der Waals surface area contributed by atoms with Crippen LogP contribution in [0.1, 0.15) is 6.42 Å². The van der Waals surface area contributed by atoms with Crippen molar-refractivity contribution in [3.05, 3.63) is 0 Å². The number of fused-ring (bicyclic) bond motifs is 1. The molecule has 1 saturated carbocycles. The number of rotatable bonds is 5. The average molecular weight is 513 g/mol. The van der Waals surface area contributed by atoms with Crippen molar-refractivity contribution in [3.63, 3.8) is 0 Å². The lowest BCUT2D eigenvalue weighted by molar-refractivity contribution is -0.439. The van der Waals surface area contributed by atoms with E-state index in [0.29, 0.717) is 0 Å². The summed E-state index contributed by atoms with van der Waals surface area (Å²) in [5.74, 6) is -2.49. The second-order valence-corrected chi connectivity index (χ2v) is 9.48. The molecule has 0 aromatic rings. The molecule has 0 bridgehead atoms. The van der Waals surface area contributed by atoms with Gasteiger partial charge in [-0.25, -0.2) is 0 Å². The van der Waals surface area contributed by atoms with E-state index in [1.807, 2.05) is 0 Å². The molecule has 14 N–H and O–H groups in total. The summed E-state index contributed by atoms with van der Waals surface area (Å²) in [5.41, 5.74) is 17.5. The van der Waals surface area contributed by atoms with Crippen molar-refractivity contribution in [1.29, 1.82) is 0 Å². The zero-order chi connectivity index (χ0) is 25.8. The fourth-order valence-electron chi connectivity index (χ4n) is 4.98. The predicted octanol–water partition coefficient (Wildman–Crippen LogP) is -7.53. The first kappa shape index (κ1) is 27.4. The van der Waals surface area contributed by atoms with Crippen LogP contribution in [-0.2, 0) is 23.7 Å². The van der Waals surface area contributed by atoms with Crippen LogP contribution in [0.25, 0.3) is 0 Å². The maximum Gasteiger partial charge on any atom is 0.314 e. The van der Waals surface area contributed by atoms with Gasteiger partial charge < -0.3 is 81.7 Å². The number of aliphatic hydroxyl groups excluding tert-OH is 8. The molecule has 0 aromatic carbocycles. The van der Waals surface area contributed by atoms with Gasteiger partial charge in [0.1, 0.15) is 48.8 Å². The van der Waals surface area contributed by atoms with E-state index in [4.69, 9.17) is 40.9 Å². The molecule has 1 spiro atoms. The highest BCUT2D eigenvalue weighted by Crippen LogP contribution is 2.45. The Morgan fingerprint density at radius 3 is 2.00 bits per heavy atom. The van der Waals surface area contributed by atoms with Crippen LogP contribution in [0, 0.1) is 0 Å². The van der Waals surface area contributed by atoms with Crippen LogP contribution in [0.3, 0.4) is 0 Å². The molecule has 1 aliphatic carbocycles. The number of nitrogens with two attached hydrogens (primary N) is 3. The Bertz CT molecular complexity index is 726. The van der Waals surface area contributed by atoms with Crippen molar-refractivity contribution in [2.75, 3.05) is 13.2 Å². The molecule has 16 atom stereocenters. The lowest BCUT2D eigenvalue weighted by Gasteiger charge is -2.46. The number of ether oxygens (including phenoxy) is 5. The monoisotopic (exact) mass is 513 g/mol. The highest BCUT2D eigenvalue weighted by atomic mass is 16.9. The Labute approximate surface area is 199 Å². The minimum absolute atomic E-state index is 0.118. The van der Waals surface area contributed by atoms with E-state index in [1.165, 1.54) is 0 Å². The minimum atomic E-state index is -2.49. The molecular formula is C19H35N3O13. The quantitative estimate of drug-likeness (QED) is 0.163. The van der Waals surface area contributed by atoms with Gasteiger partial charge in [0.15, 0.2) is 12.4 Å². The molecule has 16 heteroatoms. The van der Waals surface area contributed by atoms with Crippen LogP contribution in [-0.4, -0.2) is 152 Å². The summed E-state index contributed by atoms with van der Waals surface area (Å²) in [6, 6.07) is -2.87. The Balaban J connectivity index is 1.62. The van der Waals surface area contributed by atoms with Crippen molar-refractivity contribution in [1.82, 2.24) is 0 Å². The first-order valence-corrected chi connectivity index (χ1v) is 11.4. The van der Waals surface area contributed by atoms with Crippen molar-refractivity contribution in [2.24, 2.45) is 17.2 Å². The van der Waals surface area contributed by atoms with E-state index in [9.17, 15) is 40.9 Å². The second-order valence-electron chi connectivity index (χ2n) is 9.48. The maximum atomic E-state index is 10.7. The van der Waals surface area contributed by atoms with Crippen molar-refractivity contribution in [3.8, 4) is 0 Å². The van der Waals surface area contributed by atoms with Crippen molar-refractivity contribution in [2.45, 2.75) is 104 Å². The van der Waals surface area contributed by atoms with Gasteiger partial charge in [-0.1, -0.05) is 0 Å². The molecule has 0 radical (unpaired) electrons. The molecule has 4 aliphatic rings. The van der Waals surface area contributed by atoms with Gasteiger partial charge in [-0.05, 0) is 6.42 Å². The fourth-order valence-corrected chi connectivity index (χ4v) is 4.98. The highest BCUT2D eigenvalue weighted by Gasteiger charge is 2.67. The van der Waals surface area contributed by atoms with E-state index >= 15 is 0 Å². The molecule has 4 rings (SSSR count). The lowest BCUT2D eigenvalue weighted by Crippen LogP contribution is -2.69. The van der Waals surface area contributed by atoms with Gasteiger partial charge in [0.25, 0.3) is 0 Å². The molecule has 1 unspecified atom stereocenters. The smallest absolute Gasteiger partial charge is 0.314 e. The van der Waals surface area contributed by atoms with E-state index in [2.05, 4.69) is 0 Å². The Morgan fingerprint density at radius 1 is 0.829 bits per heavy atom. The van der Waals surface area contributed by atoms with Gasteiger partial charge in [0, 0.05) is 12.1 Å². The number of aliphatic hydroxyl groups is 8. The molecule has 3 heterocycles. The zero-order valence-electron chi connectivity index (χ0n) is 18.6. The van der Waals surface area contributed by atoms with E-state index in [-0.39, 0.29) is 6.42 Å². The third-order valence-electron chi connectivity index (χ3n) is 7.09. The van der Waals surface area contributed by atoms with E-state index in [1.54, 1.807) is 0 Å². The lowest BCUT2D eigenvalue weighted by atomic mass is 9.84. The van der Waals surface area contributed by atoms with Crippen LogP contribution < -0.4 is 17.2 Å². The van der Waals surface area contributed by atoms with Gasteiger partial charge in [-0.3, -0.25) is 0 Å². The van der Waals surface area contributed by atoms with Crippen molar-refractivity contribution >= 4 is 0 Å². The summed E-state index contributed by atoms with van der Waals surface area (Å²) in [7, 11) is 0. The molecule has 0 aromatic heterocycles. The summed E-state index contributed by atoms with van der Waals surface area (Å²) >= 11 is 0. The van der Waals surface area contributed by atoms with Crippen LogP contribution in [0.5, 0.6) is 0 Å². The van der Waals surface area contributed by atoms with Gasteiger partial charge in [0.05, 0.1) is 31.5 Å². The Kier molecular flexibility index (Phi) is 8.03. The van der Waals surface area contributed by atoms with Gasteiger partial charge in [-0.15, -0.1) is 0 Å². The third-order valence-corrected chi connectivity index (χ3v) is 7.09. The van der Waals surface area contributed by atoms with Gasteiger partial charge in [-0.2, -0.15) is 0 Å². The summed E-state index contributed by atoms with van der Waals surface area (Å²) in [6.07, 6.45) is -18.2. The summed E-state index contributed by atoms with van der Waals surface area (Å²) < 4.78 is 28.5. The highest BCUT2D eigenvalue weighted by molar-refractivity contribution is 5.04. The first-order chi connectivity index (χ1) is 16.5. The minimum Gasteiger partial charge on any atom is -0.395 e. The number of hydrogen-bond donors (Lipinski definition) is 11. The molecule has 35 heavy (non-hydrogen) atoms. The SMILES string of the molecule is N[C@@H]1C[C@H](N)[C@@H](O)C(O[C@H]2O[C@@H](CO)[C@H](O)[C@H]3O[C@@]4(O[C@H]23)O[C@H]([C@@H](N)CO)[C@H](O)[C@H](O)[C@H]4O)[C@@H]1O. The predicted molar refractivity (Wildman–Crippen MR) is 110 cm³/mol. The summed E-state index contributed by atoms with van der Waals surface area (Å²) in [6.45, 7) is -1.35. The largest absolute Gasteiger partial charge is 0.395 e. The van der Waals surface area contributed by atoms with Crippen LogP contribution >= 0.6 is 0 Å². The zero-order valence-corrected chi connectivity index (χ0v) is 18.6. The molecule has 4 fully saturated rings. The fraction of sp³-hybridized carbons (Fsp3) is 1.00. The third kappa shape index (κ3) is 4.61. The Hall–Kier alpha value is -0.640. The first-order valence-electron chi connectivity index (χ1n) is 11.4. The molecule has 16 nitrogen and oxygen atoms in total. The van der Waals surface area contributed by atoms with Crippen LogP contribution in [0.15, 0.2) is 0 Å². The molecule has 3 saturated heterocycles. The molecule has 0 amide bonds. The second kappa shape index (κ2) is 10.3. The standard InChI is InChI=1S/C19H35N3O13/c20-4-1-5(21)9(26)14(8(4)25)32-18-16-15(10(27)7(3-24)31-18)34-19(35-16)17(30)12(29)11(28)13(33-19)6(22)2-23/h4-18,23-30H,1-3,20-22H2/t4-,5+,6-,7-,8+,9+,10-,11+,12-,13+,14?,15+,16-,17+,18+,19-/m0/s1. The topological polar surface area (TPSA) is 286 Å². The van der Waals surface area contributed by atoms with Gasteiger partial charge in [0.2, 0.25) is 0 Å². The van der Waals surface area contributed by atoms with E-state index < -0.39 is 111 Å². The molecule has 204 valence electrons. The van der Waals surface area contributed by atoms with Crippen LogP contribution in [0.4, 0.5) is 0 Å². The molecule has 3 aliphatic heterocycles. The van der Waals surface area contributed by atoms with E-state index in [0.717, 1.165) is 0 Å². The van der Waals surface area contributed by atoms with Gasteiger partial charge >= 0.3 is 5.97 Å². The normalized spacial score (nSPS) is 55.6. The van der Waals surface area contributed by atoms with Crippen LogP contribution in [0.2, 0.25) is 0 Å². The Morgan fingerprint density at radius 2 is 1.43 bits per heavy atom. The summed E-state index contributed by atoms with van der Waals surface area (Å²) in [4.78, 5) is 0. The molecular weight excluding hydrogens is 478 g/mol. The number of hydrogen-bond acceptors (Lipinski definition) is 16. The van der Waals surface area contributed by atoms with Crippen molar-refractivity contribution < 1.29 is 64.5 Å². The average Bonchev–Trinajstić information content (AvgIpc) is 3.23.